The van der Waals surface area contributed by atoms with Gasteiger partial charge in [-0.15, -0.1) is 0 Å². The van der Waals surface area contributed by atoms with Crippen molar-refractivity contribution in [2.24, 2.45) is 22.7 Å². The van der Waals surface area contributed by atoms with E-state index in [1.54, 1.807) is 6.92 Å². The Morgan fingerprint density at radius 3 is 2.41 bits per heavy atom. The third-order valence-electron chi connectivity index (χ3n) is 12.0. The summed E-state index contributed by atoms with van der Waals surface area (Å²) in [5.41, 5.74) is 2.49. The van der Waals surface area contributed by atoms with E-state index in [0.717, 1.165) is 49.7 Å². The van der Waals surface area contributed by atoms with Gasteiger partial charge in [0.2, 0.25) is 0 Å². The number of hydrogen-bond acceptors (Lipinski definition) is 8. The van der Waals surface area contributed by atoms with Gasteiger partial charge < -0.3 is 35.1 Å². The number of thiol groups is 1. The fourth-order valence-corrected chi connectivity index (χ4v) is 9.90. The molecule has 6 unspecified atom stereocenters. The van der Waals surface area contributed by atoms with Gasteiger partial charge in [-0.3, -0.25) is 4.79 Å². The standard InChI is InChI=1S/C36H52N2O7S/c1-5-43-29(39)18-38-31(40)37-17-23-6-8-24(9-7-23)26-16-33(4)27(11-14-35(33,42)22-46)25-10-13-34(41)19-36(15-12-28(34)30(25)26)44-20-32(2,3)21-45-36/h6-9,25-27,41-42,46H,5,10-22H2,1-4H3,(H2,37,38,40). The van der Waals surface area contributed by atoms with Crippen LogP contribution in [0.2, 0.25) is 0 Å². The van der Waals surface area contributed by atoms with Crippen LogP contribution in [0.5, 0.6) is 0 Å². The first-order chi connectivity index (χ1) is 21.8. The molecule has 1 aromatic carbocycles. The second kappa shape index (κ2) is 12.4. The van der Waals surface area contributed by atoms with E-state index >= 15 is 0 Å². The number of hydrogen-bond donors (Lipinski definition) is 5. The molecular formula is C36H52N2O7S. The molecule has 0 bridgehead atoms. The van der Waals surface area contributed by atoms with Crippen LogP contribution in [0.25, 0.3) is 0 Å². The van der Waals surface area contributed by atoms with Crippen LogP contribution in [-0.2, 0) is 25.5 Å². The predicted octanol–water partition coefficient (Wildman–Crippen LogP) is 5.00. The second-order valence-electron chi connectivity index (χ2n) is 15.5. The zero-order valence-corrected chi connectivity index (χ0v) is 28.7. The largest absolute Gasteiger partial charge is 0.465 e. The SMILES string of the molecule is CCOC(=O)CNC(=O)NCc1ccc(C2CC3(C)C(CCC3(O)CS)C3CCC4(O)CC5(CCC4=C23)OCC(C)(C)CO5)cc1. The number of allylic oxidation sites excluding steroid dienone is 1. The van der Waals surface area contributed by atoms with Crippen molar-refractivity contribution in [3.63, 3.8) is 0 Å². The Labute approximate surface area is 278 Å². The van der Waals surface area contributed by atoms with Crippen LogP contribution in [0.3, 0.4) is 0 Å². The average molecular weight is 657 g/mol. The van der Waals surface area contributed by atoms with Crippen molar-refractivity contribution in [3.05, 3.63) is 46.5 Å². The van der Waals surface area contributed by atoms with E-state index in [1.165, 1.54) is 11.1 Å². The second-order valence-corrected chi connectivity index (χ2v) is 15.8. The number of carbonyl (C=O) groups excluding carboxylic acids is 2. The van der Waals surface area contributed by atoms with Crippen LogP contribution >= 0.6 is 12.6 Å². The Morgan fingerprint density at radius 2 is 1.74 bits per heavy atom. The summed E-state index contributed by atoms with van der Waals surface area (Å²) >= 11 is 4.66. The summed E-state index contributed by atoms with van der Waals surface area (Å²) in [7, 11) is 0. The minimum atomic E-state index is -0.975. The van der Waals surface area contributed by atoms with Gasteiger partial charge in [0.25, 0.3) is 0 Å². The molecule has 9 nitrogen and oxygen atoms in total. The lowest BCUT2D eigenvalue weighted by molar-refractivity contribution is -0.322. The third-order valence-corrected chi connectivity index (χ3v) is 12.5. The van der Waals surface area contributed by atoms with E-state index in [2.05, 4.69) is 56.2 Å². The Morgan fingerprint density at radius 1 is 1.02 bits per heavy atom. The quantitative estimate of drug-likeness (QED) is 0.159. The Kier molecular flexibility index (Phi) is 9.11. The van der Waals surface area contributed by atoms with Crippen molar-refractivity contribution < 1.29 is 34.0 Å². The molecule has 46 heavy (non-hydrogen) atoms. The number of ether oxygens (including phenoxy) is 3. The highest BCUT2D eigenvalue weighted by Gasteiger charge is 2.64. The van der Waals surface area contributed by atoms with Crippen molar-refractivity contribution in [2.75, 3.05) is 32.1 Å². The number of rotatable bonds is 7. The van der Waals surface area contributed by atoms with Crippen molar-refractivity contribution >= 4 is 24.6 Å². The molecule has 1 spiro atoms. The van der Waals surface area contributed by atoms with Crippen molar-refractivity contribution in [1.82, 2.24) is 10.6 Å². The predicted molar refractivity (Wildman–Crippen MR) is 177 cm³/mol. The zero-order valence-electron chi connectivity index (χ0n) is 27.8. The Bertz CT molecular complexity index is 1350. The molecule has 2 amide bonds. The molecule has 1 aliphatic heterocycles. The van der Waals surface area contributed by atoms with Crippen LogP contribution < -0.4 is 10.6 Å². The molecular weight excluding hydrogens is 604 g/mol. The van der Waals surface area contributed by atoms with Crippen molar-refractivity contribution in [2.45, 2.75) is 109 Å². The summed E-state index contributed by atoms with van der Waals surface area (Å²) in [5, 5.41) is 29.7. The van der Waals surface area contributed by atoms with Crippen molar-refractivity contribution in [3.8, 4) is 0 Å². The maximum Gasteiger partial charge on any atom is 0.325 e. The summed E-state index contributed by atoms with van der Waals surface area (Å²) < 4.78 is 17.7. The molecule has 6 atom stereocenters. The average Bonchev–Trinajstić information content (AvgIpc) is 3.30. The fourth-order valence-electron chi connectivity index (χ4n) is 9.38. The smallest absolute Gasteiger partial charge is 0.325 e. The molecule has 1 aromatic rings. The summed E-state index contributed by atoms with van der Waals surface area (Å²) in [5.74, 6) is -0.102. The van der Waals surface area contributed by atoms with Gasteiger partial charge in [0.1, 0.15) is 6.54 Å². The maximum atomic E-state index is 12.4. The lowest BCUT2D eigenvalue weighted by Gasteiger charge is -2.58. The van der Waals surface area contributed by atoms with Gasteiger partial charge in [-0.25, -0.2) is 4.79 Å². The molecule has 5 aliphatic rings. The van der Waals surface area contributed by atoms with Gasteiger partial charge in [-0.05, 0) is 74.0 Å². The van der Waals surface area contributed by atoms with Crippen LogP contribution in [0.1, 0.15) is 96.1 Å². The molecule has 1 saturated heterocycles. The lowest BCUT2D eigenvalue weighted by Crippen LogP contribution is -2.58. The van der Waals surface area contributed by atoms with Gasteiger partial charge in [0, 0.05) is 41.9 Å². The van der Waals surface area contributed by atoms with Crippen LogP contribution in [0.15, 0.2) is 35.4 Å². The molecule has 4 N–H and O–H groups in total. The number of amides is 2. The van der Waals surface area contributed by atoms with Gasteiger partial charge >= 0.3 is 12.0 Å². The first-order valence-electron chi connectivity index (χ1n) is 17.1. The fraction of sp³-hybridized carbons (Fsp3) is 0.722. The van der Waals surface area contributed by atoms with Crippen LogP contribution in [0, 0.1) is 22.7 Å². The molecule has 4 fully saturated rings. The summed E-state index contributed by atoms with van der Waals surface area (Å²) in [6.45, 7) is 9.93. The van der Waals surface area contributed by atoms with Gasteiger partial charge in [-0.1, -0.05) is 50.6 Å². The van der Waals surface area contributed by atoms with E-state index in [1.807, 2.05) is 12.1 Å². The van der Waals surface area contributed by atoms with E-state index in [0.29, 0.717) is 50.2 Å². The molecule has 0 aromatic heterocycles. The normalized spacial score (nSPS) is 35.9. The molecule has 1 heterocycles. The topological polar surface area (TPSA) is 126 Å². The highest BCUT2D eigenvalue weighted by molar-refractivity contribution is 7.80. The maximum absolute atomic E-state index is 12.4. The highest BCUT2D eigenvalue weighted by atomic mass is 32.1. The molecule has 0 radical (unpaired) electrons. The number of urea groups is 1. The zero-order chi connectivity index (χ0) is 33.0. The number of carbonyl (C=O) groups is 2. The van der Waals surface area contributed by atoms with E-state index in [-0.39, 0.29) is 29.9 Å². The molecule has 10 heteroatoms. The monoisotopic (exact) mass is 656 g/mol. The van der Waals surface area contributed by atoms with E-state index in [9.17, 15) is 19.8 Å². The van der Waals surface area contributed by atoms with E-state index in [4.69, 9.17) is 14.2 Å². The third kappa shape index (κ3) is 6.02. The van der Waals surface area contributed by atoms with Crippen LogP contribution in [-0.4, -0.2) is 71.3 Å². The number of fused-ring (bicyclic) bond motifs is 4. The van der Waals surface area contributed by atoms with Gasteiger partial charge in [-0.2, -0.15) is 12.6 Å². The Hall–Kier alpha value is -2.11. The Balaban J connectivity index is 1.27. The number of aliphatic hydroxyl groups is 2. The van der Waals surface area contributed by atoms with E-state index < -0.39 is 29.0 Å². The molecule has 3 saturated carbocycles. The summed E-state index contributed by atoms with van der Waals surface area (Å²) in [4.78, 5) is 23.8. The highest BCUT2D eigenvalue weighted by Crippen LogP contribution is 2.68. The summed E-state index contributed by atoms with van der Waals surface area (Å²) in [6, 6.07) is 7.90. The number of nitrogens with one attached hydrogen (secondary N) is 2. The molecule has 4 aliphatic carbocycles. The first-order valence-corrected chi connectivity index (χ1v) is 17.7. The molecule has 254 valence electrons. The lowest BCUT2D eigenvalue weighted by atomic mass is 9.50. The minimum absolute atomic E-state index is 0.0381. The van der Waals surface area contributed by atoms with Gasteiger partial charge in [0.05, 0.1) is 31.0 Å². The van der Waals surface area contributed by atoms with Gasteiger partial charge in [0.15, 0.2) is 5.79 Å². The molecule has 6 rings (SSSR count). The summed E-state index contributed by atoms with van der Waals surface area (Å²) in [6.07, 6.45) is 5.98. The number of benzene rings is 1. The number of esters is 1. The van der Waals surface area contributed by atoms with Crippen LogP contribution in [0.4, 0.5) is 4.79 Å². The minimum Gasteiger partial charge on any atom is -0.465 e. The van der Waals surface area contributed by atoms with Crippen molar-refractivity contribution in [1.29, 1.82) is 0 Å². The first kappa shape index (κ1) is 33.8.